The molecule has 0 aliphatic heterocycles. The molecule has 18 heavy (non-hydrogen) atoms. The van der Waals surface area contributed by atoms with E-state index in [4.69, 9.17) is 11.6 Å². The van der Waals surface area contributed by atoms with Crippen LogP contribution in [0.15, 0.2) is 12.2 Å². The number of carbonyl (C=O) groups excluding carboxylic acids is 2. The number of allylic oxidation sites excluding steroid dienone is 2. The Balaban J connectivity index is 2.19. The molecule has 102 valence electrons. The highest BCUT2D eigenvalue weighted by Crippen LogP contribution is 2.36. The number of halogens is 1. The molecule has 1 aliphatic rings. The maximum absolute atomic E-state index is 10.9. The Morgan fingerprint density at radius 3 is 2.83 bits per heavy atom. The summed E-state index contributed by atoms with van der Waals surface area (Å²) in [7, 11) is 1.40. The van der Waals surface area contributed by atoms with Gasteiger partial charge in [-0.3, -0.25) is 4.79 Å². The van der Waals surface area contributed by atoms with Crippen LogP contribution in [-0.4, -0.2) is 24.7 Å². The smallest absolute Gasteiger partial charge is 0.305 e. The maximum atomic E-state index is 10.9. The first-order chi connectivity index (χ1) is 8.69. The van der Waals surface area contributed by atoms with E-state index in [1.54, 1.807) is 0 Å². The molecule has 0 heterocycles. The van der Waals surface area contributed by atoms with E-state index in [9.17, 15) is 9.59 Å². The van der Waals surface area contributed by atoms with Crippen LogP contribution < -0.4 is 0 Å². The number of alkyl halides is 1. The van der Waals surface area contributed by atoms with E-state index in [0.29, 0.717) is 6.42 Å². The summed E-state index contributed by atoms with van der Waals surface area (Å²) in [6, 6.07) is 0. The zero-order valence-corrected chi connectivity index (χ0v) is 11.6. The minimum absolute atomic E-state index is 0.118. The van der Waals surface area contributed by atoms with E-state index in [-0.39, 0.29) is 23.2 Å². The van der Waals surface area contributed by atoms with Crippen LogP contribution in [0.3, 0.4) is 0 Å². The van der Waals surface area contributed by atoms with Gasteiger partial charge in [-0.2, -0.15) is 0 Å². The second kappa shape index (κ2) is 8.30. The number of hydrogen-bond acceptors (Lipinski definition) is 3. The summed E-state index contributed by atoms with van der Waals surface area (Å²) in [6.45, 7) is 0. The molecule has 0 amide bonds. The lowest BCUT2D eigenvalue weighted by Crippen LogP contribution is -2.15. The van der Waals surface area contributed by atoms with Crippen LogP contribution >= 0.6 is 11.6 Å². The van der Waals surface area contributed by atoms with Crippen molar-refractivity contribution in [3.05, 3.63) is 12.2 Å². The molecular formula is C14H21ClO3. The van der Waals surface area contributed by atoms with Gasteiger partial charge in [0.1, 0.15) is 6.29 Å². The van der Waals surface area contributed by atoms with E-state index in [1.165, 1.54) is 7.11 Å². The quantitative estimate of drug-likeness (QED) is 0.235. The predicted molar refractivity (Wildman–Crippen MR) is 71.5 cm³/mol. The summed E-state index contributed by atoms with van der Waals surface area (Å²) < 4.78 is 4.56. The average Bonchev–Trinajstić information content (AvgIpc) is 2.74. The lowest BCUT2D eigenvalue weighted by Gasteiger charge is -2.14. The molecule has 1 aliphatic carbocycles. The normalized spacial score (nSPS) is 27.6. The van der Waals surface area contributed by atoms with E-state index in [1.807, 2.05) is 0 Å². The molecule has 1 saturated carbocycles. The fraction of sp³-hybridized carbons (Fsp3) is 0.714. The van der Waals surface area contributed by atoms with Gasteiger partial charge in [-0.1, -0.05) is 12.2 Å². The number of esters is 1. The van der Waals surface area contributed by atoms with Gasteiger partial charge in [0, 0.05) is 17.7 Å². The average molecular weight is 273 g/mol. The summed E-state index contributed by atoms with van der Waals surface area (Å²) in [5.41, 5.74) is 0. The van der Waals surface area contributed by atoms with Crippen LogP contribution in [0.2, 0.25) is 0 Å². The lowest BCUT2D eigenvalue weighted by molar-refractivity contribution is -0.140. The van der Waals surface area contributed by atoms with Crippen molar-refractivity contribution in [2.24, 2.45) is 11.8 Å². The molecule has 1 rings (SSSR count). The number of aldehydes is 1. The van der Waals surface area contributed by atoms with Gasteiger partial charge in [-0.15, -0.1) is 11.6 Å². The minimum Gasteiger partial charge on any atom is -0.469 e. The van der Waals surface area contributed by atoms with Crippen molar-refractivity contribution in [1.82, 2.24) is 0 Å². The van der Waals surface area contributed by atoms with Gasteiger partial charge in [-0.05, 0) is 38.0 Å². The van der Waals surface area contributed by atoms with Gasteiger partial charge in [0.05, 0.1) is 7.11 Å². The number of unbranched alkanes of at least 4 members (excludes halogenated alkanes) is 1. The molecule has 0 aromatic heterocycles. The van der Waals surface area contributed by atoms with E-state index >= 15 is 0 Å². The van der Waals surface area contributed by atoms with Crippen LogP contribution in [0.1, 0.15) is 38.5 Å². The van der Waals surface area contributed by atoms with Crippen molar-refractivity contribution < 1.29 is 14.3 Å². The van der Waals surface area contributed by atoms with Crippen molar-refractivity contribution in [3.8, 4) is 0 Å². The zero-order valence-electron chi connectivity index (χ0n) is 10.8. The third-order valence-corrected chi connectivity index (χ3v) is 4.06. The van der Waals surface area contributed by atoms with Gasteiger partial charge in [-0.25, -0.2) is 0 Å². The fourth-order valence-electron chi connectivity index (χ4n) is 2.38. The second-order valence-electron chi connectivity index (χ2n) is 4.73. The molecular weight excluding hydrogens is 252 g/mol. The Morgan fingerprint density at radius 1 is 1.39 bits per heavy atom. The maximum Gasteiger partial charge on any atom is 0.305 e. The van der Waals surface area contributed by atoms with Gasteiger partial charge in [0.2, 0.25) is 0 Å². The van der Waals surface area contributed by atoms with Crippen molar-refractivity contribution in [3.63, 3.8) is 0 Å². The van der Waals surface area contributed by atoms with Crippen molar-refractivity contribution in [1.29, 1.82) is 0 Å². The second-order valence-corrected chi connectivity index (χ2v) is 5.29. The minimum atomic E-state index is -0.166. The lowest BCUT2D eigenvalue weighted by atomic mass is 9.93. The van der Waals surface area contributed by atoms with Crippen LogP contribution in [0.5, 0.6) is 0 Å². The molecule has 0 spiro atoms. The Morgan fingerprint density at radius 2 is 2.17 bits per heavy atom. The Bertz CT molecular complexity index is 301. The molecule has 0 N–H and O–H groups in total. The van der Waals surface area contributed by atoms with Gasteiger partial charge in [0.25, 0.3) is 0 Å². The first kappa shape index (κ1) is 15.2. The molecule has 0 bridgehead atoms. The SMILES string of the molecule is COC(=O)CCC/C=C\C[C@H]1C(Cl)CCC1C=O. The number of ether oxygens (including phenoxy) is 1. The number of carbonyl (C=O) groups is 2. The van der Waals surface area contributed by atoms with Gasteiger partial charge >= 0.3 is 5.97 Å². The summed E-state index contributed by atoms with van der Waals surface area (Å²) >= 11 is 6.20. The highest BCUT2D eigenvalue weighted by Gasteiger charge is 2.33. The van der Waals surface area contributed by atoms with Crippen molar-refractivity contribution in [2.45, 2.75) is 43.9 Å². The van der Waals surface area contributed by atoms with E-state index in [2.05, 4.69) is 16.9 Å². The van der Waals surface area contributed by atoms with E-state index in [0.717, 1.165) is 38.4 Å². The monoisotopic (exact) mass is 272 g/mol. The topological polar surface area (TPSA) is 43.4 Å². The molecule has 3 atom stereocenters. The first-order valence-corrected chi connectivity index (χ1v) is 6.93. The number of rotatable bonds is 7. The molecule has 0 saturated heterocycles. The standard InChI is InChI=1S/C14H21ClO3/c1-18-14(17)7-5-3-2-4-6-12-11(10-16)8-9-13(12)15/h2,4,10-13H,3,5-9H2,1H3/b4-2-/t11?,12-,13?/m1/s1. The Hall–Kier alpha value is -0.830. The largest absolute Gasteiger partial charge is 0.469 e. The molecule has 3 nitrogen and oxygen atoms in total. The van der Waals surface area contributed by atoms with Gasteiger partial charge in [0.15, 0.2) is 0 Å². The summed E-state index contributed by atoms with van der Waals surface area (Å²) in [5.74, 6) is 0.231. The predicted octanol–water partition coefficient (Wildman–Crippen LogP) is 3.11. The summed E-state index contributed by atoms with van der Waals surface area (Å²) in [5, 5.41) is 0.125. The third-order valence-electron chi connectivity index (χ3n) is 3.52. The van der Waals surface area contributed by atoms with Gasteiger partial charge < -0.3 is 9.53 Å². The molecule has 0 radical (unpaired) electrons. The van der Waals surface area contributed by atoms with E-state index < -0.39 is 0 Å². The number of methoxy groups -OCH3 is 1. The third kappa shape index (κ3) is 4.81. The first-order valence-electron chi connectivity index (χ1n) is 6.50. The Kier molecular flexibility index (Phi) is 7.02. The van der Waals surface area contributed by atoms with Crippen molar-refractivity contribution in [2.75, 3.05) is 7.11 Å². The van der Waals surface area contributed by atoms with Crippen LogP contribution in [0, 0.1) is 11.8 Å². The highest BCUT2D eigenvalue weighted by atomic mass is 35.5. The van der Waals surface area contributed by atoms with Crippen molar-refractivity contribution >= 4 is 23.9 Å². The fourth-order valence-corrected chi connectivity index (χ4v) is 2.79. The molecule has 2 unspecified atom stereocenters. The number of hydrogen-bond donors (Lipinski definition) is 0. The molecule has 0 aromatic rings. The van der Waals surface area contributed by atoms with Crippen LogP contribution in [0.25, 0.3) is 0 Å². The zero-order chi connectivity index (χ0) is 13.4. The van der Waals surface area contributed by atoms with Crippen LogP contribution in [0.4, 0.5) is 0 Å². The summed E-state index contributed by atoms with van der Waals surface area (Å²) in [4.78, 5) is 21.7. The molecule has 4 heteroatoms. The molecule has 1 fully saturated rings. The summed E-state index contributed by atoms with van der Waals surface area (Å²) in [6.07, 6.45) is 10.0. The Labute approximate surface area is 114 Å². The highest BCUT2D eigenvalue weighted by molar-refractivity contribution is 6.21. The molecule has 0 aromatic carbocycles. The van der Waals surface area contributed by atoms with Crippen LogP contribution in [-0.2, 0) is 14.3 Å².